The maximum atomic E-state index is 11.9. The van der Waals surface area contributed by atoms with Crippen LogP contribution in [0.15, 0.2) is 24.3 Å². The van der Waals surface area contributed by atoms with Gasteiger partial charge in [0.25, 0.3) is 10.2 Å². The lowest BCUT2D eigenvalue weighted by atomic mass is 10.2. The molecule has 19 heavy (non-hydrogen) atoms. The SMILES string of the molecule is COc1ccccc1CNS(=O)(=O)N(C)CCCO. The van der Waals surface area contributed by atoms with E-state index in [1.807, 2.05) is 12.1 Å². The highest BCUT2D eigenvalue weighted by Gasteiger charge is 2.17. The van der Waals surface area contributed by atoms with Gasteiger partial charge in [0.05, 0.1) is 7.11 Å². The Labute approximate surface area is 114 Å². The summed E-state index contributed by atoms with van der Waals surface area (Å²) in [6, 6.07) is 7.22. The van der Waals surface area contributed by atoms with Crippen molar-refractivity contribution < 1.29 is 18.3 Å². The fraction of sp³-hybridized carbons (Fsp3) is 0.500. The number of para-hydroxylation sites is 1. The van der Waals surface area contributed by atoms with E-state index in [1.54, 1.807) is 19.2 Å². The van der Waals surface area contributed by atoms with Crippen molar-refractivity contribution in [3.05, 3.63) is 29.8 Å². The van der Waals surface area contributed by atoms with Crippen molar-refractivity contribution in [3.63, 3.8) is 0 Å². The zero-order valence-corrected chi connectivity index (χ0v) is 12.0. The summed E-state index contributed by atoms with van der Waals surface area (Å²) in [6.07, 6.45) is 0.409. The number of methoxy groups -OCH3 is 1. The van der Waals surface area contributed by atoms with Crippen LogP contribution in [0, 0.1) is 0 Å². The smallest absolute Gasteiger partial charge is 0.279 e. The number of hydrogen-bond acceptors (Lipinski definition) is 4. The highest BCUT2D eigenvalue weighted by atomic mass is 32.2. The Morgan fingerprint density at radius 2 is 2.05 bits per heavy atom. The van der Waals surface area contributed by atoms with E-state index < -0.39 is 10.2 Å². The molecule has 0 saturated carbocycles. The van der Waals surface area contributed by atoms with E-state index in [4.69, 9.17) is 9.84 Å². The van der Waals surface area contributed by atoms with Crippen LogP contribution in [0.1, 0.15) is 12.0 Å². The van der Waals surface area contributed by atoms with Gasteiger partial charge in [-0.1, -0.05) is 18.2 Å². The molecule has 0 aliphatic carbocycles. The van der Waals surface area contributed by atoms with Crippen LogP contribution in [-0.4, -0.2) is 45.1 Å². The Bertz CT molecular complexity index is 490. The summed E-state index contributed by atoms with van der Waals surface area (Å²) >= 11 is 0. The lowest BCUT2D eigenvalue weighted by Crippen LogP contribution is -2.38. The average Bonchev–Trinajstić information content (AvgIpc) is 2.42. The van der Waals surface area contributed by atoms with E-state index in [2.05, 4.69) is 4.72 Å². The fourth-order valence-electron chi connectivity index (χ4n) is 1.54. The monoisotopic (exact) mass is 288 g/mol. The second kappa shape index (κ2) is 7.44. The molecule has 1 rings (SSSR count). The molecule has 0 saturated heterocycles. The first-order valence-electron chi connectivity index (χ1n) is 5.95. The van der Waals surface area contributed by atoms with E-state index in [-0.39, 0.29) is 19.7 Å². The number of ether oxygens (including phenoxy) is 1. The lowest BCUT2D eigenvalue weighted by molar-refractivity contribution is 0.275. The summed E-state index contributed by atoms with van der Waals surface area (Å²) < 4.78 is 32.6. The molecule has 1 aromatic rings. The molecule has 0 aliphatic heterocycles. The Balaban J connectivity index is 2.64. The predicted octanol–water partition coefficient (Wildman–Crippen LogP) is 0.344. The molecule has 6 nitrogen and oxygen atoms in total. The second-order valence-corrected chi connectivity index (χ2v) is 5.90. The molecule has 0 spiro atoms. The average molecular weight is 288 g/mol. The van der Waals surface area contributed by atoms with Gasteiger partial charge in [-0.2, -0.15) is 17.4 Å². The molecule has 0 heterocycles. The van der Waals surface area contributed by atoms with Crippen molar-refractivity contribution in [3.8, 4) is 5.75 Å². The molecule has 2 N–H and O–H groups in total. The topological polar surface area (TPSA) is 78.9 Å². The minimum absolute atomic E-state index is 0.0353. The van der Waals surface area contributed by atoms with E-state index >= 15 is 0 Å². The Kier molecular flexibility index (Phi) is 6.23. The van der Waals surface area contributed by atoms with E-state index in [9.17, 15) is 8.42 Å². The number of nitrogens with one attached hydrogen (secondary N) is 1. The highest BCUT2D eigenvalue weighted by Crippen LogP contribution is 2.17. The van der Waals surface area contributed by atoms with Gasteiger partial charge in [-0.25, -0.2) is 0 Å². The van der Waals surface area contributed by atoms with Gasteiger partial charge in [-0.05, 0) is 12.5 Å². The van der Waals surface area contributed by atoms with Gasteiger partial charge >= 0.3 is 0 Å². The van der Waals surface area contributed by atoms with Crippen molar-refractivity contribution in [1.29, 1.82) is 0 Å². The lowest BCUT2D eigenvalue weighted by Gasteiger charge is -2.17. The molecule has 0 unspecified atom stereocenters. The Hall–Kier alpha value is -1.15. The molecule has 1 aromatic carbocycles. The van der Waals surface area contributed by atoms with Crippen molar-refractivity contribution in [2.45, 2.75) is 13.0 Å². The molecule has 108 valence electrons. The minimum atomic E-state index is -3.54. The number of aliphatic hydroxyl groups excluding tert-OH is 1. The Morgan fingerprint density at radius 3 is 2.68 bits per heavy atom. The van der Waals surface area contributed by atoms with Gasteiger partial charge < -0.3 is 9.84 Å². The third-order valence-corrected chi connectivity index (χ3v) is 4.19. The number of aliphatic hydroxyl groups is 1. The largest absolute Gasteiger partial charge is 0.496 e. The van der Waals surface area contributed by atoms with Crippen molar-refractivity contribution in [2.24, 2.45) is 0 Å². The standard InChI is InChI=1S/C12H20N2O4S/c1-14(8-5-9-15)19(16,17)13-10-11-6-3-4-7-12(11)18-2/h3-4,6-7,13,15H,5,8-10H2,1-2H3. The fourth-order valence-corrected chi connectivity index (χ4v) is 2.47. The van der Waals surface area contributed by atoms with E-state index in [1.165, 1.54) is 11.4 Å². The highest BCUT2D eigenvalue weighted by molar-refractivity contribution is 7.87. The van der Waals surface area contributed by atoms with Gasteiger partial charge in [0.1, 0.15) is 5.75 Å². The summed E-state index contributed by atoms with van der Waals surface area (Å²) in [6.45, 7) is 0.403. The maximum absolute atomic E-state index is 11.9. The molecular formula is C12H20N2O4S. The van der Waals surface area contributed by atoms with Crippen molar-refractivity contribution in [2.75, 3.05) is 27.3 Å². The van der Waals surface area contributed by atoms with Crippen LogP contribution in [0.2, 0.25) is 0 Å². The van der Waals surface area contributed by atoms with Crippen molar-refractivity contribution >= 4 is 10.2 Å². The molecule has 7 heteroatoms. The minimum Gasteiger partial charge on any atom is -0.496 e. The predicted molar refractivity (Wildman–Crippen MR) is 73.1 cm³/mol. The van der Waals surface area contributed by atoms with Crippen LogP contribution in [0.4, 0.5) is 0 Å². The summed E-state index contributed by atoms with van der Waals surface area (Å²) in [4.78, 5) is 0. The van der Waals surface area contributed by atoms with Gasteiger partial charge in [-0.3, -0.25) is 0 Å². The third kappa shape index (κ3) is 4.79. The number of hydrogen-bond donors (Lipinski definition) is 2. The number of benzene rings is 1. The van der Waals surface area contributed by atoms with Crippen LogP contribution in [0.25, 0.3) is 0 Å². The summed E-state index contributed by atoms with van der Waals surface area (Å²) in [5.74, 6) is 0.642. The molecule has 0 amide bonds. The summed E-state index contributed by atoms with van der Waals surface area (Å²) in [5.41, 5.74) is 0.768. The first kappa shape index (κ1) is 15.9. The maximum Gasteiger partial charge on any atom is 0.279 e. The van der Waals surface area contributed by atoms with Crippen LogP contribution in [-0.2, 0) is 16.8 Å². The van der Waals surface area contributed by atoms with E-state index in [0.29, 0.717) is 12.2 Å². The summed E-state index contributed by atoms with van der Waals surface area (Å²) in [7, 11) is -0.524. The van der Waals surface area contributed by atoms with Crippen LogP contribution >= 0.6 is 0 Å². The third-order valence-electron chi connectivity index (χ3n) is 2.68. The molecule has 0 bridgehead atoms. The molecule has 0 fully saturated rings. The van der Waals surface area contributed by atoms with Crippen molar-refractivity contribution in [1.82, 2.24) is 9.03 Å². The first-order chi connectivity index (χ1) is 9.01. The molecular weight excluding hydrogens is 268 g/mol. The van der Waals surface area contributed by atoms with Crippen LogP contribution in [0.3, 0.4) is 0 Å². The quantitative estimate of drug-likeness (QED) is 0.723. The second-order valence-electron chi connectivity index (χ2n) is 4.04. The Morgan fingerprint density at radius 1 is 1.37 bits per heavy atom. The zero-order valence-electron chi connectivity index (χ0n) is 11.2. The molecule has 0 atom stereocenters. The van der Waals surface area contributed by atoms with Gasteiger partial charge in [0, 0.05) is 32.3 Å². The number of rotatable bonds is 8. The van der Waals surface area contributed by atoms with E-state index in [0.717, 1.165) is 5.56 Å². The summed E-state index contributed by atoms with van der Waals surface area (Å²) in [5, 5.41) is 8.70. The zero-order chi connectivity index (χ0) is 14.3. The molecule has 0 aliphatic rings. The first-order valence-corrected chi connectivity index (χ1v) is 7.39. The van der Waals surface area contributed by atoms with Gasteiger partial charge in [0.15, 0.2) is 0 Å². The number of nitrogens with zero attached hydrogens (tertiary/aromatic N) is 1. The van der Waals surface area contributed by atoms with Crippen LogP contribution < -0.4 is 9.46 Å². The molecule has 0 aromatic heterocycles. The van der Waals surface area contributed by atoms with Crippen LogP contribution in [0.5, 0.6) is 5.75 Å². The van der Waals surface area contributed by atoms with Gasteiger partial charge in [-0.15, -0.1) is 0 Å². The normalized spacial score (nSPS) is 11.8. The van der Waals surface area contributed by atoms with Gasteiger partial charge in [0.2, 0.25) is 0 Å². The molecule has 0 radical (unpaired) electrons.